The molecule has 254 valence electrons. The van der Waals surface area contributed by atoms with Crippen LogP contribution in [0.15, 0.2) is 0 Å². The van der Waals surface area contributed by atoms with Crippen LogP contribution in [-0.4, -0.2) is 91.4 Å². The fourth-order valence-corrected chi connectivity index (χ4v) is 11.5. The number of fused-ring (bicyclic) bond motifs is 5. The van der Waals surface area contributed by atoms with Crippen LogP contribution in [0.5, 0.6) is 0 Å². The van der Waals surface area contributed by atoms with Gasteiger partial charge >= 0.3 is 0 Å². The van der Waals surface area contributed by atoms with Crippen molar-refractivity contribution in [1.29, 1.82) is 0 Å². The lowest BCUT2D eigenvalue weighted by Gasteiger charge is -2.62. The summed E-state index contributed by atoms with van der Waals surface area (Å²) in [6, 6.07) is 0.831. The minimum Gasteiger partial charge on any atom is -0.393 e. The molecule has 7 nitrogen and oxygen atoms in total. The van der Waals surface area contributed by atoms with E-state index in [4.69, 9.17) is 5.73 Å². The number of nitrogens with zero attached hydrogens (tertiary/aromatic N) is 2. The number of carbonyl (C=O) groups is 1. The average Bonchev–Trinajstić information content (AvgIpc) is 3.35. The predicted octanol–water partition coefficient (Wildman–Crippen LogP) is 4.87. The largest absolute Gasteiger partial charge is 0.393 e. The first-order valence-electron chi connectivity index (χ1n) is 18.9. The monoisotopic (exact) mass is 616 g/mol. The van der Waals surface area contributed by atoms with E-state index in [-0.39, 0.29) is 18.1 Å². The summed E-state index contributed by atoms with van der Waals surface area (Å²) in [7, 11) is 0. The first-order valence-corrected chi connectivity index (χ1v) is 18.9. The number of amides is 1. The van der Waals surface area contributed by atoms with Crippen LogP contribution >= 0.6 is 0 Å². The Hall–Kier alpha value is -0.730. The van der Waals surface area contributed by atoms with Gasteiger partial charge < -0.3 is 31.3 Å². The number of nitrogens with one attached hydrogen (secondary N) is 2. The second kappa shape index (κ2) is 15.0. The summed E-state index contributed by atoms with van der Waals surface area (Å²) < 4.78 is 0. The molecule has 10 atom stereocenters. The van der Waals surface area contributed by atoms with Gasteiger partial charge in [0, 0.05) is 44.7 Å². The van der Waals surface area contributed by atoms with Crippen LogP contribution in [0.4, 0.5) is 0 Å². The van der Waals surface area contributed by atoms with E-state index in [2.05, 4.69) is 41.2 Å². The summed E-state index contributed by atoms with van der Waals surface area (Å²) in [4.78, 5) is 17.6. The molecule has 7 heteroatoms. The number of aliphatic hydroxyl groups excluding tert-OH is 1. The molecule has 4 saturated carbocycles. The molecule has 1 saturated heterocycles. The van der Waals surface area contributed by atoms with Gasteiger partial charge in [0.2, 0.25) is 5.91 Å². The second-order valence-corrected chi connectivity index (χ2v) is 16.9. The van der Waals surface area contributed by atoms with Gasteiger partial charge in [-0.2, -0.15) is 0 Å². The summed E-state index contributed by atoms with van der Waals surface area (Å²) in [5, 5.41) is 18.9. The Balaban J connectivity index is 1.09. The zero-order valence-corrected chi connectivity index (χ0v) is 29.2. The van der Waals surface area contributed by atoms with E-state index in [9.17, 15) is 9.90 Å². The van der Waals surface area contributed by atoms with E-state index in [1.807, 2.05) is 13.8 Å². The number of hydrogen-bond donors (Lipinski definition) is 4. The lowest BCUT2D eigenvalue weighted by atomic mass is 9.43. The minimum absolute atomic E-state index is 0.143. The summed E-state index contributed by atoms with van der Waals surface area (Å²) in [5.74, 6) is 3.88. The molecule has 5 aliphatic rings. The molecule has 1 amide bonds. The smallest absolute Gasteiger partial charge is 0.220 e. The maximum absolute atomic E-state index is 12.4. The SMILES string of the molecule is CC(C)NC(=O)CC[C@@H](C)C1CCC2C3C(CC[C@@]21C)[C@@]1(C)CC[C@H](NCCCN2CCN(CCCN)CC2)CC1C[C@H]3O. The van der Waals surface area contributed by atoms with Crippen LogP contribution in [-0.2, 0) is 4.79 Å². The summed E-state index contributed by atoms with van der Waals surface area (Å²) in [5.41, 5.74) is 6.39. The molecule has 0 bridgehead atoms. The number of nitrogens with two attached hydrogens (primary N) is 1. The highest BCUT2D eigenvalue weighted by Crippen LogP contribution is 2.68. The molecular formula is C37H69N5O2. The maximum Gasteiger partial charge on any atom is 0.220 e. The zero-order valence-electron chi connectivity index (χ0n) is 29.2. The fraction of sp³-hybridized carbons (Fsp3) is 0.973. The lowest BCUT2D eigenvalue weighted by Crippen LogP contribution is -2.59. The van der Waals surface area contributed by atoms with Crippen LogP contribution < -0.4 is 16.4 Å². The Morgan fingerprint density at radius 2 is 1.57 bits per heavy atom. The van der Waals surface area contributed by atoms with Gasteiger partial charge in [-0.15, -0.1) is 0 Å². The van der Waals surface area contributed by atoms with Crippen molar-refractivity contribution in [2.75, 3.05) is 52.4 Å². The molecular weight excluding hydrogens is 546 g/mol. The van der Waals surface area contributed by atoms with Crippen LogP contribution in [0.25, 0.3) is 0 Å². The summed E-state index contributed by atoms with van der Waals surface area (Å²) in [6.07, 6.45) is 13.9. The molecule has 44 heavy (non-hydrogen) atoms. The molecule has 5 N–H and O–H groups in total. The summed E-state index contributed by atoms with van der Waals surface area (Å²) in [6.45, 7) is 20.7. The maximum atomic E-state index is 12.4. The second-order valence-electron chi connectivity index (χ2n) is 16.9. The van der Waals surface area contributed by atoms with Gasteiger partial charge in [-0.3, -0.25) is 4.79 Å². The lowest BCUT2D eigenvalue weighted by molar-refractivity contribution is -0.167. The molecule has 0 aromatic heterocycles. The first-order chi connectivity index (χ1) is 21.0. The van der Waals surface area contributed by atoms with Gasteiger partial charge in [0.05, 0.1) is 6.10 Å². The highest BCUT2D eigenvalue weighted by molar-refractivity contribution is 5.76. The molecule has 1 heterocycles. The number of piperazine rings is 1. The van der Waals surface area contributed by atoms with Gasteiger partial charge in [0.15, 0.2) is 0 Å². The molecule has 0 aromatic carbocycles. The van der Waals surface area contributed by atoms with E-state index in [1.54, 1.807) is 0 Å². The minimum atomic E-state index is -0.143. The van der Waals surface area contributed by atoms with Gasteiger partial charge in [-0.05, 0) is 157 Å². The van der Waals surface area contributed by atoms with Crippen LogP contribution in [0.3, 0.4) is 0 Å². The third-order valence-electron chi connectivity index (χ3n) is 13.9. The zero-order chi connectivity index (χ0) is 31.5. The molecule has 1 aliphatic heterocycles. The first kappa shape index (κ1) is 34.6. The molecule has 5 rings (SSSR count). The van der Waals surface area contributed by atoms with E-state index in [0.29, 0.717) is 58.8 Å². The molecule has 4 aliphatic carbocycles. The predicted molar refractivity (Wildman–Crippen MR) is 181 cm³/mol. The van der Waals surface area contributed by atoms with Gasteiger partial charge in [-0.1, -0.05) is 20.8 Å². The number of rotatable bonds is 13. The topological polar surface area (TPSA) is 93.9 Å². The molecule has 0 aromatic rings. The molecule has 0 spiro atoms. The van der Waals surface area contributed by atoms with Crippen molar-refractivity contribution >= 4 is 5.91 Å². The number of hydrogen-bond acceptors (Lipinski definition) is 6. The van der Waals surface area contributed by atoms with Gasteiger partial charge in [0.25, 0.3) is 0 Å². The van der Waals surface area contributed by atoms with Crippen molar-refractivity contribution in [2.45, 2.75) is 130 Å². The Morgan fingerprint density at radius 3 is 2.25 bits per heavy atom. The third-order valence-corrected chi connectivity index (χ3v) is 13.9. The van der Waals surface area contributed by atoms with Crippen molar-refractivity contribution in [1.82, 2.24) is 20.4 Å². The Bertz CT molecular complexity index is 924. The summed E-state index contributed by atoms with van der Waals surface area (Å²) >= 11 is 0. The fourth-order valence-electron chi connectivity index (χ4n) is 11.5. The van der Waals surface area contributed by atoms with Crippen molar-refractivity contribution in [3.8, 4) is 0 Å². The Labute approximate surface area is 270 Å². The Morgan fingerprint density at radius 1 is 0.909 bits per heavy atom. The number of carbonyl (C=O) groups excluding carboxylic acids is 1. The average molecular weight is 616 g/mol. The van der Waals surface area contributed by atoms with E-state index < -0.39 is 0 Å². The molecule has 5 unspecified atom stereocenters. The quantitative estimate of drug-likeness (QED) is 0.221. The Kier molecular flexibility index (Phi) is 11.8. The van der Waals surface area contributed by atoms with Crippen LogP contribution in [0, 0.1) is 46.3 Å². The van der Waals surface area contributed by atoms with Crippen molar-refractivity contribution < 1.29 is 9.90 Å². The van der Waals surface area contributed by atoms with Crippen molar-refractivity contribution in [3.05, 3.63) is 0 Å². The highest BCUT2D eigenvalue weighted by atomic mass is 16.3. The molecule has 5 fully saturated rings. The van der Waals surface area contributed by atoms with Crippen molar-refractivity contribution in [2.24, 2.45) is 52.1 Å². The van der Waals surface area contributed by atoms with E-state index >= 15 is 0 Å². The van der Waals surface area contributed by atoms with Gasteiger partial charge in [0.1, 0.15) is 0 Å². The van der Waals surface area contributed by atoms with E-state index in [1.165, 1.54) is 84.1 Å². The van der Waals surface area contributed by atoms with Crippen LogP contribution in [0.2, 0.25) is 0 Å². The van der Waals surface area contributed by atoms with Crippen molar-refractivity contribution in [3.63, 3.8) is 0 Å². The standard InChI is InChI=1S/C37H69N5O2/c1-26(2)40-34(44)11-8-27(3)30-9-10-31-35-32(13-15-37(30,31)5)36(4)14-12-29(24-28(36)25-33(35)43)39-17-7-19-42-22-20-41(21-23-42)18-6-16-38/h26-33,35,39,43H,6-25,38H2,1-5H3,(H,40,44)/t27-,28?,29+,30?,31?,32?,33-,35?,36+,37-/m1/s1. The normalized spacial score (nSPS) is 40.3. The van der Waals surface area contributed by atoms with Crippen LogP contribution in [0.1, 0.15) is 112 Å². The molecule has 0 radical (unpaired) electrons. The highest BCUT2D eigenvalue weighted by Gasteiger charge is 2.62. The van der Waals surface area contributed by atoms with Gasteiger partial charge in [-0.25, -0.2) is 0 Å². The third kappa shape index (κ3) is 7.53. The van der Waals surface area contributed by atoms with E-state index in [0.717, 1.165) is 38.9 Å². The number of aliphatic hydroxyl groups is 1.